The van der Waals surface area contributed by atoms with Crippen LogP contribution in [-0.2, 0) is 23.0 Å². The molecule has 0 amide bonds. The number of benzene rings is 1. The highest BCUT2D eigenvalue weighted by atomic mass is 32.2. The molecule has 1 aromatic heterocycles. The molecule has 2 N–H and O–H groups in total. The first-order valence-electron chi connectivity index (χ1n) is 6.50. The topological polar surface area (TPSA) is 105 Å². The third kappa shape index (κ3) is 4.35. The Kier molecular flexibility index (Phi) is 5.05. The molecule has 7 nitrogen and oxygen atoms in total. The molecule has 0 radical (unpaired) electrons. The normalized spacial score (nSPS) is 11.7. The van der Waals surface area contributed by atoms with Gasteiger partial charge in [0, 0.05) is 6.61 Å². The molecule has 2 aromatic rings. The van der Waals surface area contributed by atoms with Crippen molar-refractivity contribution in [3.05, 3.63) is 41.5 Å². The third-order valence-corrected chi connectivity index (χ3v) is 4.26. The van der Waals surface area contributed by atoms with E-state index >= 15 is 0 Å². The first-order chi connectivity index (χ1) is 10.0. The van der Waals surface area contributed by atoms with Crippen LogP contribution in [0.3, 0.4) is 0 Å². The Balaban J connectivity index is 2.01. The van der Waals surface area contributed by atoms with Gasteiger partial charge >= 0.3 is 0 Å². The monoisotopic (exact) mass is 311 g/mol. The number of aliphatic hydroxyl groups excluding tert-OH is 1. The Morgan fingerprint density at radius 2 is 2.00 bits per heavy atom. The van der Waals surface area contributed by atoms with Gasteiger partial charge in [-0.15, -0.1) is 0 Å². The lowest BCUT2D eigenvalue weighted by Crippen LogP contribution is -2.23. The van der Waals surface area contributed by atoms with E-state index in [1.165, 1.54) is 12.1 Å². The van der Waals surface area contributed by atoms with Gasteiger partial charge in [0.2, 0.25) is 15.9 Å². The summed E-state index contributed by atoms with van der Waals surface area (Å²) in [4.78, 5) is 4.10. The minimum Gasteiger partial charge on any atom is -0.396 e. The fourth-order valence-corrected chi connectivity index (χ4v) is 2.74. The van der Waals surface area contributed by atoms with Crippen LogP contribution in [-0.4, -0.2) is 30.3 Å². The number of aromatic nitrogens is 2. The zero-order chi connectivity index (χ0) is 15.3. The van der Waals surface area contributed by atoms with Gasteiger partial charge in [-0.05, 0) is 37.5 Å². The molecule has 0 aliphatic carbocycles. The van der Waals surface area contributed by atoms with Crippen molar-refractivity contribution in [2.45, 2.75) is 31.2 Å². The molecule has 0 saturated carbocycles. The Bertz CT molecular complexity index is 680. The second kappa shape index (κ2) is 6.79. The lowest BCUT2D eigenvalue weighted by Gasteiger charge is -2.06. The molecule has 0 atom stereocenters. The number of aryl methyl sites for hydroxylation is 2. The number of rotatable bonds is 7. The van der Waals surface area contributed by atoms with Crippen LogP contribution >= 0.6 is 0 Å². The number of nitrogens with zero attached hydrogens (tertiary/aromatic N) is 2. The fraction of sp³-hybridized carbons (Fsp3) is 0.385. The summed E-state index contributed by atoms with van der Waals surface area (Å²) >= 11 is 0. The number of nitrogens with one attached hydrogen (secondary N) is 1. The van der Waals surface area contributed by atoms with Gasteiger partial charge < -0.3 is 9.63 Å². The molecule has 0 aliphatic heterocycles. The highest BCUT2D eigenvalue weighted by Crippen LogP contribution is 2.12. The van der Waals surface area contributed by atoms with Crippen LogP contribution in [0.1, 0.15) is 23.7 Å². The molecule has 0 saturated heterocycles. The van der Waals surface area contributed by atoms with Crippen molar-refractivity contribution >= 4 is 10.0 Å². The first kappa shape index (κ1) is 15.6. The standard InChI is InChI=1S/C13H17N3O4S/c1-10-15-13(20-16-10)9-14-21(18,19)12-6-4-11(5-7-12)3-2-8-17/h4-7,14,17H,2-3,8-9H2,1H3. The average molecular weight is 311 g/mol. The highest BCUT2D eigenvalue weighted by molar-refractivity contribution is 7.89. The molecule has 2 rings (SSSR count). The molecule has 21 heavy (non-hydrogen) atoms. The van der Waals surface area contributed by atoms with Crippen molar-refractivity contribution in [1.82, 2.24) is 14.9 Å². The molecule has 1 heterocycles. The summed E-state index contributed by atoms with van der Waals surface area (Å²) in [5.41, 5.74) is 0.982. The van der Waals surface area contributed by atoms with Crippen molar-refractivity contribution in [1.29, 1.82) is 0 Å². The van der Waals surface area contributed by atoms with E-state index in [2.05, 4.69) is 14.9 Å². The van der Waals surface area contributed by atoms with Gasteiger partial charge in [0.15, 0.2) is 5.82 Å². The highest BCUT2D eigenvalue weighted by Gasteiger charge is 2.15. The minimum absolute atomic E-state index is 0.0462. The second-order valence-corrected chi connectivity index (χ2v) is 6.30. The van der Waals surface area contributed by atoms with Gasteiger partial charge in [0.1, 0.15) is 0 Å². The van der Waals surface area contributed by atoms with E-state index in [4.69, 9.17) is 9.63 Å². The zero-order valence-corrected chi connectivity index (χ0v) is 12.4. The summed E-state index contributed by atoms with van der Waals surface area (Å²) in [5.74, 6) is 0.674. The minimum atomic E-state index is -3.61. The maximum Gasteiger partial charge on any atom is 0.241 e. The van der Waals surface area contributed by atoms with Gasteiger partial charge in [-0.3, -0.25) is 0 Å². The largest absolute Gasteiger partial charge is 0.396 e. The maximum atomic E-state index is 12.1. The smallest absolute Gasteiger partial charge is 0.241 e. The van der Waals surface area contributed by atoms with Crippen LogP contribution in [0.4, 0.5) is 0 Å². The van der Waals surface area contributed by atoms with Crippen molar-refractivity contribution in [3.8, 4) is 0 Å². The predicted molar refractivity (Wildman–Crippen MR) is 74.9 cm³/mol. The van der Waals surface area contributed by atoms with E-state index in [1.807, 2.05) is 0 Å². The number of hydrogen-bond acceptors (Lipinski definition) is 6. The van der Waals surface area contributed by atoms with E-state index in [0.29, 0.717) is 18.7 Å². The lowest BCUT2D eigenvalue weighted by atomic mass is 10.1. The molecule has 0 fully saturated rings. The van der Waals surface area contributed by atoms with Crippen molar-refractivity contribution in [2.24, 2.45) is 0 Å². The molecular formula is C13H17N3O4S. The Hall–Kier alpha value is -1.77. The van der Waals surface area contributed by atoms with Crippen LogP contribution < -0.4 is 4.72 Å². The third-order valence-electron chi connectivity index (χ3n) is 2.84. The molecule has 1 aromatic carbocycles. The quantitative estimate of drug-likeness (QED) is 0.783. The second-order valence-electron chi connectivity index (χ2n) is 4.53. The van der Waals surface area contributed by atoms with Gasteiger partial charge in [0.25, 0.3) is 0 Å². The van der Waals surface area contributed by atoms with Gasteiger partial charge in [-0.1, -0.05) is 17.3 Å². The summed E-state index contributed by atoms with van der Waals surface area (Å²) in [7, 11) is -3.61. The van der Waals surface area contributed by atoms with Crippen LogP contribution in [0.25, 0.3) is 0 Å². The molecule has 0 spiro atoms. The van der Waals surface area contributed by atoms with Gasteiger partial charge in [-0.25, -0.2) is 13.1 Å². The van der Waals surface area contributed by atoms with Crippen molar-refractivity contribution < 1.29 is 18.0 Å². The van der Waals surface area contributed by atoms with E-state index in [0.717, 1.165) is 5.56 Å². The summed E-state index contributed by atoms with van der Waals surface area (Å²) in [5, 5.41) is 12.4. The Morgan fingerprint density at radius 3 is 2.57 bits per heavy atom. The molecule has 114 valence electrons. The van der Waals surface area contributed by atoms with Crippen molar-refractivity contribution in [2.75, 3.05) is 6.61 Å². The number of hydrogen-bond donors (Lipinski definition) is 2. The van der Waals surface area contributed by atoms with Crippen LogP contribution in [0.5, 0.6) is 0 Å². The Labute approximate surface area is 123 Å². The van der Waals surface area contributed by atoms with Gasteiger partial charge in [0.05, 0.1) is 11.4 Å². The number of sulfonamides is 1. The maximum absolute atomic E-state index is 12.1. The molecule has 0 aliphatic rings. The fourth-order valence-electron chi connectivity index (χ4n) is 1.77. The molecular weight excluding hydrogens is 294 g/mol. The summed E-state index contributed by atoms with van der Waals surface area (Å²) < 4.78 is 31.4. The van der Waals surface area contributed by atoms with Crippen LogP contribution in [0.2, 0.25) is 0 Å². The molecule has 0 unspecified atom stereocenters. The first-order valence-corrected chi connectivity index (χ1v) is 7.98. The predicted octanol–water partition coefficient (Wildman–Crippen LogP) is 0.781. The molecule has 0 bridgehead atoms. The Morgan fingerprint density at radius 1 is 1.29 bits per heavy atom. The van der Waals surface area contributed by atoms with E-state index < -0.39 is 10.0 Å². The van der Waals surface area contributed by atoms with Gasteiger partial charge in [-0.2, -0.15) is 4.98 Å². The van der Waals surface area contributed by atoms with E-state index in [-0.39, 0.29) is 23.9 Å². The summed E-state index contributed by atoms with van der Waals surface area (Å²) in [6.45, 7) is 1.73. The van der Waals surface area contributed by atoms with Crippen LogP contribution in [0, 0.1) is 6.92 Å². The molecule has 8 heteroatoms. The van der Waals surface area contributed by atoms with E-state index in [9.17, 15) is 8.42 Å². The SMILES string of the molecule is Cc1noc(CNS(=O)(=O)c2ccc(CCCO)cc2)n1. The zero-order valence-electron chi connectivity index (χ0n) is 11.6. The summed E-state index contributed by atoms with van der Waals surface area (Å²) in [6, 6.07) is 6.55. The van der Waals surface area contributed by atoms with Crippen LogP contribution in [0.15, 0.2) is 33.7 Å². The lowest BCUT2D eigenvalue weighted by molar-refractivity contribution is 0.288. The van der Waals surface area contributed by atoms with Crippen molar-refractivity contribution in [3.63, 3.8) is 0 Å². The number of aliphatic hydroxyl groups is 1. The summed E-state index contributed by atoms with van der Waals surface area (Å²) in [6.07, 6.45) is 1.37. The van der Waals surface area contributed by atoms with E-state index in [1.54, 1.807) is 19.1 Å². The average Bonchev–Trinajstić information content (AvgIpc) is 2.89.